The number of hydrogen-bond donors (Lipinski definition) is 1. The summed E-state index contributed by atoms with van der Waals surface area (Å²) in [6, 6.07) is 14.7. The second kappa shape index (κ2) is 8.84. The summed E-state index contributed by atoms with van der Waals surface area (Å²) in [5.74, 6) is -0.692. The molecule has 1 atom stereocenters. The Morgan fingerprint density at radius 3 is 2.60 bits per heavy atom. The van der Waals surface area contributed by atoms with Crippen molar-refractivity contribution in [1.82, 2.24) is 9.97 Å². The number of Topliss-reactive ketones (excluding diaryl/α,β-unsaturated/α-hetero) is 1. The lowest BCUT2D eigenvalue weighted by atomic mass is 9.98. The van der Waals surface area contributed by atoms with Crippen LogP contribution in [0.15, 0.2) is 66.4 Å². The molecule has 1 aliphatic rings. The normalized spacial score (nSPS) is 17.2. The summed E-state index contributed by atoms with van der Waals surface area (Å²) in [5.41, 5.74) is 2.31. The van der Waals surface area contributed by atoms with Crippen molar-refractivity contribution in [3.63, 3.8) is 0 Å². The maximum atomic E-state index is 13.3. The van der Waals surface area contributed by atoms with Crippen LogP contribution in [-0.4, -0.2) is 41.0 Å². The predicted molar refractivity (Wildman–Crippen MR) is 133 cm³/mol. The van der Waals surface area contributed by atoms with E-state index in [1.165, 1.54) is 23.3 Å². The zero-order valence-electron chi connectivity index (χ0n) is 19.2. The molecule has 8 nitrogen and oxygen atoms in total. The van der Waals surface area contributed by atoms with E-state index in [0.717, 1.165) is 10.3 Å². The fourth-order valence-electron chi connectivity index (χ4n) is 4.14. The minimum Gasteiger partial charge on any atom is -0.507 e. The number of nitrogens with zero attached hydrogens (tertiary/aromatic N) is 3. The van der Waals surface area contributed by atoms with Crippen LogP contribution in [0.5, 0.6) is 11.5 Å². The monoisotopic (exact) mass is 487 g/mol. The molecular formula is C26H21N3O5S. The molecule has 4 aromatic rings. The lowest BCUT2D eigenvalue weighted by Crippen LogP contribution is -2.29. The Labute approximate surface area is 205 Å². The molecule has 176 valence electrons. The van der Waals surface area contributed by atoms with E-state index in [0.29, 0.717) is 33.4 Å². The van der Waals surface area contributed by atoms with Gasteiger partial charge in [0.2, 0.25) is 0 Å². The van der Waals surface area contributed by atoms with Gasteiger partial charge in [0.05, 0.1) is 35.7 Å². The van der Waals surface area contributed by atoms with Gasteiger partial charge in [-0.1, -0.05) is 29.5 Å². The van der Waals surface area contributed by atoms with Gasteiger partial charge in [-0.15, -0.1) is 0 Å². The molecule has 0 saturated carbocycles. The van der Waals surface area contributed by atoms with Gasteiger partial charge in [0.15, 0.2) is 5.13 Å². The van der Waals surface area contributed by atoms with Gasteiger partial charge in [-0.3, -0.25) is 19.5 Å². The molecule has 35 heavy (non-hydrogen) atoms. The molecule has 1 saturated heterocycles. The summed E-state index contributed by atoms with van der Waals surface area (Å²) in [6.45, 7) is 1.91. The quantitative estimate of drug-likeness (QED) is 0.248. The highest BCUT2D eigenvalue weighted by Gasteiger charge is 2.48. The van der Waals surface area contributed by atoms with E-state index in [2.05, 4.69) is 9.97 Å². The van der Waals surface area contributed by atoms with Gasteiger partial charge in [-0.2, -0.15) is 0 Å². The number of fused-ring (bicyclic) bond motifs is 1. The van der Waals surface area contributed by atoms with Crippen molar-refractivity contribution >= 4 is 44.1 Å². The number of aromatic nitrogens is 2. The number of aliphatic hydroxyl groups is 1. The Bertz CT molecular complexity index is 1500. The number of hydrogen-bond acceptors (Lipinski definition) is 8. The van der Waals surface area contributed by atoms with Crippen LogP contribution in [0.25, 0.3) is 16.0 Å². The molecule has 0 bridgehead atoms. The van der Waals surface area contributed by atoms with Crippen molar-refractivity contribution in [1.29, 1.82) is 0 Å². The second-order valence-corrected chi connectivity index (χ2v) is 8.95. The molecule has 5 rings (SSSR count). The summed E-state index contributed by atoms with van der Waals surface area (Å²) in [5, 5.41) is 11.6. The molecule has 1 unspecified atom stereocenters. The van der Waals surface area contributed by atoms with Crippen molar-refractivity contribution in [2.45, 2.75) is 13.0 Å². The van der Waals surface area contributed by atoms with Crippen LogP contribution in [0.4, 0.5) is 5.13 Å². The SMILES string of the molecule is COc1cccc(/C(O)=C2\C(=O)C(=O)N(c3nc4cc(C)c(OC)cc4s3)C2c2ccccn2)c1. The average molecular weight is 488 g/mol. The molecule has 1 amide bonds. The first-order chi connectivity index (χ1) is 16.9. The molecule has 1 aliphatic heterocycles. The van der Waals surface area contributed by atoms with E-state index in [4.69, 9.17) is 9.47 Å². The number of aryl methyl sites for hydroxylation is 1. The molecule has 0 spiro atoms. The number of pyridine rings is 1. The minimum absolute atomic E-state index is 0.0602. The van der Waals surface area contributed by atoms with Crippen LogP contribution in [0, 0.1) is 6.92 Å². The zero-order chi connectivity index (χ0) is 24.7. The number of carbonyl (C=O) groups is 2. The molecule has 1 fully saturated rings. The van der Waals surface area contributed by atoms with Crippen molar-refractivity contribution in [2.24, 2.45) is 0 Å². The standard InChI is InChI=1S/C26H21N3O5S/c1-14-11-18-20(13-19(14)34-3)35-26(28-18)29-22(17-9-4-5-10-27-17)21(24(31)25(29)32)23(30)15-7-6-8-16(12-15)33-2/h4-13,22,30H,1-3H3/b23-21+. The molecule has 9 heteroatoms. The first-order valence-corrected chi connectivity index (χ1v) is 11.6. The number of carbonyl (C=O) groups excluding carboxylic acids is 2. The van der Waals surface area contributed by atoms with Crippen LogP contribution >= 0.6 is 11.3 Å². The van der Waals surface area contributed by atoms with E-state index in [1.807, 2.05) is 19.1 Å². The third-order valence-corrected chi connectivity index (χ3v) is 6.87. The minimum atomic E-state index is -0.953. The first-order valence-electron chi connectivity index (χ1n) is 10.7. The summed E-state index contributed by atoms with van der Waals surface area (Å²) in [7, 11) is 3.10. The number of ketones is 1. The molecule has 0 radical (unpaired) electrons. The maximum Gasteiger partial charge on any atom is 0.301 e. The fourth-order valence-corrected chi connectivity index (χ4v) is 5.15. The third kappa shape index (κ3) is 3.79. The van der Waals surface area contributed by atoms with Crippen LogP contribution in [0.1, 0.15) is 22.9 Å². The number of anilines is 1. The number of ether oxygens (including phenoxy) is 2. The molecule has 1 N–H and O–H groups in total. The van der Waals surface area contributed by atoms with Crippen molar-refractivity contribution in [2.75, 3.05) is 19.1 Å². The summed E-state index contributed by atoms with van der Waals surface area (Å²) in [6.07, 6.45) is 1.58. The van der Waals surface area contributed by atoms with E-state index >= 15 is 0 Å². The topological polar surface area (TPSA) is 102 Å². The largest absolute Gasteiger partial charge is 0.507 e. The summed E-state index contributed by atoms with van der Waals surface area (Å²) < 4.78 is 11.5. The smallest absolute Gasteiger partial charge is 0.301 e. The van der Waals surface area contributed by atoms with Gasteiger partial charge in [0, 0.05) is 11.8 Å². The highest BCUT2D eigenvalue weighted by molar-refractivity contribution is 7.22. The van der Waals surface area contributed by atoms with Crippen LogP contribution < -0.4 is 14.4 Å². The molecule has 2 aromatic carbocycles. The lowest BCUT2D eigenvalue weighted by Gasteiger charge is -2.22. The predicted octanol–water partition coefficient (Wildman–Crippen LogP) is 4.64. The molecule has 2 aromatic heterocycles. The second-order valence-electron chi connectivity index (χ2n) is 7.94. The van der Waals surface area contributed by atoms with Crippen molar-refractivity contribution in [3.05, 3.63) is 83.2 Å². The van der Waals surface area contributed by atoms with Gasteiger partial charge in [-0.25, -0.2) is 4.98 Å². The van der Waals surface area contributed by atoms with Crippen molar-refractivity contribution in [3.8, 4) is 11.5 Å². The number of benzene rings is 2. The van der Waals surface area contributed by atoms with Crippen LogP contribution in [-0.2, 0) is 9.59 Å². The Morgan fingerprint density at radius 1 is 1.06 bits per heavy atom. The lowest BCUT2D eigenvalue weighted by molar-refractivity contribution is -0.132. The number of aliphatic hydroxyl groups excluding tert-OH is 1. The number of thiazole rings is 1. The number of rotatable bonds is 5. The third-order valence-electron chi connectivity index (χ3n) is 5.86. The van der Waals surface area contributed by atoms with E-state index in [-0.39, 0.29) is 11.3 Å². The number of amides is 1. The van der Waals surface area contributed by atoms with Gasteiger partial charge < -0.3 is 14.6 Å². The zero-order valence-corrected chi connectivity index (χ0v) is 20.0. The van der Waals surface area contributed by atoms with Gasteiger partial charge in [0.25, 0.3) is 5.78 Å². The Morgan fingerprint density at radius 2 is 1.89 bits per heavy atom. The summed E-state index contributed by atoms with van der Waals surface area (Å²) >= 11 is 1.26. The number of methoxy groups -OCH3 is 2. The van der Waals surface area contributed by atoms with Gasteiger partial charge in [-0.05, 0) is 48.9 Å². The first kappa shape index (κ1) is 22.5. The average Bonchev–Trinajstić information content (AvgIpc) is 3.40. The Hall–Kier alpha value is -4.24. The molecular weight excluding hydrogens is 466 g/mol. The van der Waals surface area contributed by atoms with Crippen molar-refractivity contribution < 1.29 is 24.2 Å². The molecule has 3 heterocycles. The van der Waals surface area contributed by atoms with Gasteiger partial charge >= 0.3 is 5.91 Å². The Balaban J connectivity index is 1.71. The summed E-state index contributed by atoms with van der Waals surface area (Å²) in [4.78, 5) is 37.0. The Kier molecular flexibility index (Phi) is 5.70. The van der Waals surface area contributed by atoms with E-state index < -0.39 is 17.7 Å². The molecule has 0 aliphatic carbocycles. The maximum absolute atomic E-state index is 13.3. The van der Waals surface area contributed by atoms with Crippen LogP contribution in [0.3, 0.4) is 0 Å². The van der Waals surface area contributed by atoms with E-state index in [9.17, 15) is 14.7 Å². The van der Waals surface area contributed by atoms with E-state index in [1.54, 1.807) is 55.8 Å². The highest BCUT2D eigenvalue weighted by Crippen LogP contribution is 2.44. The van der Waals surface area contributed by atoms with Gasteiger partial charge in [0.1, 0.15) is 23.3 Å². The fraction of sp³-hybridized carbons (Fsp3) is 0.154. The van der Waals surface area contributed by atoms with Crippen LogP contribution in [0.2, 0.25) is 0 Å². The highest BCUT2D eigenvalue weighted by atomic mass is 32.1.